The molecule has 4 aromatic carbocycles. The zero-order chi connectivity index (χ0) is 21.8. The van der Waals surface area contributed by atoms with Crippen LogP contribution in [-0.2, 0) is 13.1 Å². The highest BCUT2D eigenvalue weighted by atomic mass is 16.5. The number of aromatic nitrogens is 2. The van der Waals surface area contributed by atoms with Crippen molar-refractivity contribution in [1.29, 1.82) is 0 Å². The number of hydrogen-bond acceptors (Lipinski definition) is 2. The molecule has 2 N–H and O–H groups in total. The molecule has 1 aromatic heterocycles. The Morgan fingerprint density at radius 2 is 1.50 bits per heavy atom. The summed E-state index contributed by atoms with van der Waals surface area (Å²) < 4.78 is 7.35. The molecular weight excluding hydrogens is 394 g/mol. The fourth-order valence-electron chi connectivity index (χ4n) is 4.02. The molecule has 32 heavy (non-hydrogen) atoms. The van der Waals surface area contributed by atoms with Crippen LogP contribution in [0.4, 0.5) is 0 Å². The largest absolute Gasteiger partial charge is 0.497 e. The van der Waals surface area contributed by atoms with Crippen LogP contribution in [0.1, 0.15) is 11.1 Å². The van der Waals surface area contributed by atoms with Gasteiger partial charge in [0.25, 0.3) is 0 Å². The van der Waals surface area contributed by atoms with Crippen molar-refractivity contribution in [2.45, 2.75) is 13.1 Å². The molecule has 0 atom stereocenters. The Kier molecular flexibility index (Phi) is 5.69. The van der Waals surface area contributed by atoms with E-state index in [1.807, 2.05) is 28.9 Å². The molecule has 4 heteroatoms. The van der Waals surface area contributed by atoms with Crippen LogP contribution in [0.5, 0.6) is 5.75 Å². The van der Waals surface area contributed by atoms with Crippen molar-refractivity contribution >= 4 is 10.8 Å². The Bertz CT molecular complexity index is 1330. The number of rotatable bonds is 7. The third kappa shape index (κ3) is 4.27. The lowest BCUT2D eigenvalue weighted by Crippen LogP contribution is -2.80. The molecule has 0 aliphatic heterocycles. The molecular formula is C28H26N3O+. The van der Waals surface area contributed by atoms with Gasteiger partial charge in [-0.1, -0.05) is 66.7 Å². The Balaban J connectivity index is 1.49. The third-order valence-corrected chi connectivity index (χ3v) is 5.72. The number of nitrogens with two attached hydrogens (primary N) is 1. The molecule has 0 unspecified atom stereocenters. The van der Waals surface area contributed by atoms with Crippen LogP contribution in [0.3, 0.4) is 0 Å². The fourth-order valence-corrected chi connectivity index (χ4v) is 4.02. The van der Waals surface area contributed by atoms with Crippen molar-refractivity contribution in [3.8, 4) is 22.7 Å². The summed E-state index contributed by atoms with van der Waals surface area (Å²) in [7, 11) is 1.70. The monoisotopic (exact) mass is 420 g/mol. The van der Waals surface area contributed by atoms with Crippen LogP contribution in [0.25, 0.3) is 27.7 Å². The van der Waals surface area contributed by atoms with Crippen LogP contribution in [0.2, 0.25) is 0 Å². The molecule has 5 aromatic rings. The van der Waals surface area contributed by atoms with Gasteiger partial charge in [-0.2, -0.15) is 5.10 Å². The van der Waals surface area contributed by atoms with Gasteiger partial charge >= 0.3 is 0 Å². The molecule has 0 spiro atoms. The van der Waals surface area contributed by atoms with Crippen LogP contribution in [0.15, 0.2) is 103 Å². The van der Waals surface area contributed by atoms with Gasteiger partial charge in [-0.25, -0.2) is 4.68 Å². The SMILES string of the molecule is COc1ccc2cc(-c3nn(-c4ccccc4)cc3C[NH2+]Cc3ccccc3)ccc2c1. The molecule has 0 saturated carbocycles. The van der Waals surface area contributed by atoms with Gasteiger partial charge in [-0.3, -0.25) is 0 Å². The summed E-state index contributed by atoms with van der Waals surface area (Å²) in [6.45, 7) is 1.80. The second kappa shape index (κ2) is 9.08. The number of para-hydroxylation sites is 1. The van der Waals surface area contributed by atoms with Crippen LogP contribution in [0, 0.1) is 0 Å². The second-order valence-corrected chi connectivity index (χ2v) is 7.89. The van der Waals surface area contributed by atoms with E-state index in [-0.39, 0.29) is 0 Å². The summed E-state index contributed by atoms with van der Waals surface area (Å²) >= 11 is 0. The van der Waals surface area contributed by atoms with Crippen LogP contribution >= 0.6 is 0 Å². The van der Waals surface area contributed by atoms with Crippen molar-refractivity contribution in [3.05, 3.63) is 114 Å². The zero-order valence-corrected chi connectivity index (χ0v) is 18.1. The highest BCUT2D eigenvalue weighted by molar-refractivity contribution is 5.88. The van der Waals surface area contributed by atoms with E-state index in [1.54, 1.807) is 7.11 Å². The predicted molar refractivity (Wildman–Crippen MR) is 129 cm³/mol. The highest BCUT2D eigenvalue weighted by Gasteiger charge is 2.14. The maximum absolute atomic E-state index is 5.37. The number of nitrogens with zero attached hydrogens (tertiary/aromatic N) is 2. The summed E-state index contributed by atoms with van der Waals surface area (Å²) in [6.07, 6.45) is 2.16. The number of methoxy groups -OCH3 is 1. The van der Waals surface area contributed by atoms with Crippen molar-refractivity contribution in [2.75, 3.05) is 7.11 Å². The van der Waals surface area contributed by atoms with Crippen molar-refractivity contribution in [3.63, 3.8) is 0 Å². The predicted octanol–water partition coefficient (Wildman–Crippen LogP) is 4.96. The topological polar surface area (TPSA) is 43.7 Å². The molecule has 0 radical (unpaired) electrons. The minimum atomic E-state index is 0.859. The summed E-state index contributed by atoms with van der Waals surface area (Å²) in [5.41, 5.74) is 5.76. The van der Waals surface area contributed by atoms with Gasteiger partial charge in [0.05, 0.1) is 18.4 Å². The molecule has 0 amide bonds. The number of quaternary nitrogens is 1. The molecule has 158 valence electrons. The first-order valence-electron chi connectivity index (χ1n) is 10.9. The summed E-state index contributed by atoms with van der Waals surface area (Å²) in [5, 5.41) is 9.66. The van der Waals surface area contributed by atoms with Crippen molar-refractivity contribution in [2.24, 2.45) is 0 Å². The molecule has 1 heterocycles. The molecule has 0 fully saturated rings. The molecule has 0 aliphatic rings. The van der Waals surface area contributed by atoms with E-state index in [1.165, 1.54) is 16.5 Å². The minimum absolute atomic E-state index is 0.859. The average molecular weight is 421 g/mol. The Hall–Kier alpha value is -3.89. The van der Waals surface area contributed by atoms with E-state index in [9.17, 15) is 0 Å². The van der Waals surface area contributed by atoms with E-state index in [2.05, 4.69) is 84.3 Å². The molecule has 5 rings (SSSR count). The molecule has 0 aliphatic carbocycles. The lowest BCUT2D eigenvalue weighted by Gasteiger charge is -2.06. The summed E-state index contributed by atoms with van der Waals surface area (Å²) in [6, 6.07) is 33.5. The van der Waals surface area contributed by atoms with Gasteiger partial charge in [-0.15, -0.1) is 0 Å². The molecule has 4 nitrogen and oxygen atoms in total. The van der Waals surface area contributed by atoms with Gasteiger partial charge in [0.2, 0.25) is 0 Å². The van der Waals surface area contributed by atoms with Gasteiger partial charge < -0.3 is 10.1 Å². The van der Waals surface area contributed by atoms with Crippen molar-refractivity contribution < 1.29 is 10.1 Å². The standard InChI is InChI=1S/C28H25N3O/c1-32-27-15-14-22-16-24(13-12-23(22)17-27)28-25(19-29-18-21-8-4-2-5-9-21)20-31(30-28)26-10-6-3-7-11-26/h2-17,20,29H,18-19H2,1H3/p+1. The fraction of sp³-hybridized carbons (Fsp3) is 0.107. The number of benzene rings is 4. The van der Waals surface area contributed by atoms with Crippen LogP contribution < -0.4 is 10.1 Å². The first-order chi connectivity index (χ1) is 15.8. The highest BCUT2D eigenvalue weighted by Crippen LogP contribution is 2.28. The smallest absolute Gasteiger partial charge is 0.119 e. The first kappa shape index (κ1) is 20.0. The Labute approximate surface area is 188 Å². The zero-order valence-electron chi connectivity index (χ0n) is 18.1. The van der Waals surface area contributed by atoms with E-state index in [0.29, 0.717) is 0 Å². The Morgan fingerprint density at radius 3 is 2.28 bits per heavy atom. The summed E-state index contributed by atoms with van der Waals surface area (Å²) in [4.78, 5) is 0. The van der Waals surface area contributed by atoms with Gasteiger partial charge in [0.1, 0.15) is 24.5 Å². The normalized spacial score (nSPS) is 11.0. The number of fused-ring (bicyclic) bond motifs is 1. The first-order valence-corrected chi connectivity index (χ1v) is 10.9. The Morgan fingerprint density at radius 1 is 0.781 bits per heavy atom. The lowest BCUT2D eigenvalue weighted by molar-refractivity contribution is -0.686. The van der Waals surface area contributed by atoms with Crippen molar-refractivity contribution in [1.82, 2.24) is 9.78 Å². The average Bonchev–Trinajstić information content (AvgIpc) is 3.29. The van der Waals surface area contributed by atoms with E-state index in [0.717, 1.165) is 41.2 Å². The second-order valence-electron chi connectivity index (χ2n) is 7.89. The van der Waals surface area contributed by atoms with E-state index in [4.69, 9.17) is 9.84 Å². The maximum atomic E-state index is 5.37. The number of ether oxygens (including phenoxy) is 1. The minimum Gasteiger partial charge on any atom is -0.497 e. The van der Waals surface area contributed by atoms with Gasteiger partial charge in [-0.05, 0) is 41.1 Å². The quantitative estimate of drug-likeness (QED) is 0.404. The lowest BCUT2D eigenvalue weighted by atomic mass is 10.0. The molecule has 0 bridgehead atoms. The van der Waals surface area contributed by atoms with E-state index < -0.39 is 0 Å². The van der Waals surface area contributed by atoms with Gasteiger partial charge in [0, 0.05) is 17.3 Å². The van der Waals surface area contributed by atoms with E-state index >= 15 is 0 Å². The van der Waals surface area contributed by atoms with Gasteiger partial charge in [0.15, 0.2) is 0 Å². The maximum Gasteiger partial charge on any atom is 0.119 e. The summed E-state index contributed by atoms with van der Waals surface area (Å²) in [5.74, 6) is 0.870. The molecule has 0 saturated heterocycles. The van der Waals surface area contributed by atoms with Crippen LogP contribution in [-0.4, -0.2) is 16.9 Å². The number of hydrogen-bond donors (Lipinski definition) is 1. The third-order valence-electron chi connectivity index (χ3n) is 5.72.